The van der Waals surface area contributed by atoms with Crippen LogP contribution >= 0.6 is 23.8 Å². The normalized spacial score (nSPS) is 15.1. The van der Waals surface area contributed by atoms with Crippen molar-refractivity contribution in [1.29, 1.82) is 0 Å². The summed E-state index contributed by atoms with van der Waals surface area (Å²) in [6.45, 7) is 1.83. The van der Waals surface area contributed by atoms with Gasteiger partial charge in [0.15, 0.2) is 16.7 Å². The number of carbonyl (C=O) groups excluding carboxylic acids is 1. The number of carbonyl (C=O) groups is 1. The Balaban J connectivity index is 1.59. The van der Waals surface area contributed by atoms with Gasteiger partial charge in [0.25, 0.3) is 5.91 Å². The third kappa shape index (κ3) is 3.76. The first-order valence-electron chi connectivity index (χ1n) is 7.51. The highest BCUT2D eigenvalue weighted by atomic mass is 35.5. The summed E-state index contributed by atoms with van der Waals surface area (Å²) in [7, 11) is 0. The molecular weight excluding hydrogens is 355 g/mol. The highest BCUT2D eigenvalue weighted by molar-refractivity contribution is 7.71. The molecule has 1 atom stereocenters. The molecule has 1 aromatic heterocycles. The molecule has 0 saturated heterocycles. The zero-order chi connectivity index (χ0) is 17.3. The first-order valence-corrected chi connectivity index (χ1v) is 8.29. The maximum absolute atomic E-state index is 13.0. The van der Waals surface area contributed by atoms with Crippen molar-refractivity contribution in [2.75, 3.05) is 0 Å². The topological polar surface area (TPSA) is 71.9 Å². The van der Waals surface area contributed by atoms with E-state index in [2.05, 4.69) is 15.5 Å². The van der Waals surface area contributed by atoms with E-state index in [4.69, 9.17) is 28.6 Å². The minimum atomic E-state index is -0.788. The molecule has 3 rings (SSSR count). The smallest absolute Gasteiger partial charge is 0.261 e. The fourth-order valence-corrected chi connectivity index (χ4v) is 2.81. The summed E-state index contributed by atoms with van der Waals surface area (Å²) in [4.78, 5) is 12.2. The Hall–Kier alpha value is -1.93. The average Bonchev–Trinajstić information content (AvgIpc) is 3.30. The van der Waals surface area contributed by atoms with Crippen LogP contribution in [0.25, 0.3) is 0 Å². The number of aromatic amines is 1. The van der Waals surface area contributed by atoms with Gasteiger partial charge in [-0.1, -0.05) is 11.6 Å². The van der Waals surface area contributed by atoms with Crippen molar-refractivity contribution in [3.8, 4) is 5.75 Å². The van der Waals surface area contributed by atoms with Crippen LogP contribution in [-0.2, 0) is 11.3 Å². The summed E-state index contributed by atoms with van der Waals surface area (Å²) in [5, 5.41) is 9.76. The summed E-state index contributed by atoms with van der Waals surface area (Å²) < 4.78 is 21.0. The fourth-order valence-electron chi connectivity index (χ4n) is 2.30. The first kappa shape index (κ1) is 16.9. The highest BCUT2D eigenvalue weighted by Crippen LogP contribution is 2.35. The van der Waals surface area contributed by atoms with Crippen molar-refractivity contribution in [2.24, 2.45) is 0 Å². The van der Waals surface area contributed by atoms with E-state index in [0.717, 1.165) is 18.9 Å². The average molecular weight is 371 g/mol. The minimum Gasteiger partial charge on any atom is -0.479 e. The lowest BCUT2D eigenvalue weighted by molar-refractivity contribution is -0.127. The zero-order valence-corrected chi connectivity index (χ0v) is 14.5. The SMILES string of the molecule is C[C@@H](Oc1ccc(F)cc1Cl)C(=O)NCc1n[nH]c(=S)n1C1CC1. The van der Waals surface area contributed by atoms with Gasteiger partial charge in [-0.15, -0.1) is 0 Å². The van der Waals surface area contributed by atoms with E-state index in [-0.39, 0.29) is 23.2 Å². The molecule has 6 nitrogen and oxygen atoms in total. The van der Waals surface area contributed by atoms with Gasteiger partial charge in [0.05, 0.1) is 11.6 Å². The Morgan fingerprint density at radius 3 is 3.04 bits per heavy atom. The van der Waals surface area contributed by atoms with E-state index in [0.29, 0.717) is 16.6 Å². The van der Waals surface area contributed by atoms with Crippen LogP contribution < -0.4 is 10.1 Å². The predicted octanol–water partition coefficient (Wildman–Crippen LogP) is 3.15. The Morgan fingerprint density at radius 2 is 2.38 bits per heavy atom. The standard InChI is InChI=1S/C15H16ClFN4O2S/c1-8(23-12-5-2-9(17)6-11(12)16)14(22)18-7-13-19-20-15(24)21(13)10-3-4-10/h2,5-6,8,10H,3-4,7H2,1H3,(H,18,22)(H,20,24)/t8-/m1/s1. The number of amides is 1. The fraction of sp³-hybridized carbons (Fsp3) is 0.400. The molecule has 1 heterocycles. The van der Waals surface area contributed by atoms with Gasteiger partial charge in [0, 0.05) is 6.04 Å². The molecule has 0 aliphatic heterocycles. The van der Waals surface area contributed by atoms with E-state index in [1.807, 2.05) is 4.57 Å². The van der Waals surface area contributed by atoms with E-state index < -0.39 is 11.9 Å². The minimum absolute atomic E-state index is 0.115. The summed E-state index contributed by atoms with van der Waals surface area (Å²) in [5.41, 5.74) is 0. The molecule has 24 heavy (non-hydrogen) atoms. The molecule has 1 fully saturated rings. The maximum atomic E-state index is 13.0. The molecule has 1 aromatic carbocycles. The van der Waals surface area contributed by atoms with Gasteiger partial charge < -0.3 is 10.1 Å². The Bertz CT molecular complexity index is 818. The molecule has 0 spiro atoms. The van der Waals surface area contributed by atoms with Crippen molar-refractivity contribution in [3.05, 3.63) is 39.6 Å². The molecule has 0 bridgehead atoms. The number of aromatic nitrogens is 3. The van der Waals surface area contributed by atoms with Crippen LogP contribution in [0.5, 0.6) is 5.75 Å². The number of hydrogen-bond donors (Lipinski definition) is 2. The molecule has 0 radical (unpaired) electrons. The second kappa shape index (κ2) is 6.90. The van der Waals surface area contributed by atoms with Crippen molar-refractivity contribution in [1.82, 2.24) is 20.1 Å². The number of nitrogens with zero attached hydrogens (tertiary/aromatic N) is 2. The van der Waals surface area contributed by atoms with Crippen LogP contribution in [0.1, 0.15) is 31.6 Å². The van der Waals surface area contributed by atoms with Crippen LogP contribution in [0.15, 0.2) is 18.2 Å². The zero-order valence-electron chi connectivity index (χ0n) is 12.9. The van der Waals surface area contributed by atoms with Crippen molar-refractivity contribution in [2.45, 2.75) is 38.5 Å². The van der Waals surface area contributed by atoms with E-state index in [1.54, 1.807) is 6.92 Å². The Morgan fingerprint density at radius 1 is 1.62 bits per heavy atom. The number of ether oxygens (including phenoxy) is 1. The molecule has 2 aromatic rings. The van der Waals surface area contributed by atoms with E-state index in [1.165, 1.54) is 12.1 Å². The first-order chi connectivity index (χ1) is 11.5. The quantitative estimate of drug-likeness (QED) is 0.766. The number of nitrogens with one attached hydrogen (secondary N) is 2. The summed E-state index contributed by atoms with van der Waals surface area (Å²) >= 11 is 11.1. The lowest BCUT2D eigenvalue weighted by atomic mass is 10.3. The number of hydrogen-bond acceptors (Lipinski definition) is 4. The molecule has 1 amide bonds. The van der Waals surface area contributed by atoms with Gasteiger partial charge >= 0.3 is 0 Å². The van der Waals surface area contributed by atoms with Crippen molar-refractivity contribution in [3.63, 3.8) is 0 Å². The van der Waals surface area contributed by atoms with Crippen LogP contribution in [0.3, 0.4) is 0 Å². The second-order valence-electron chi connectivity index (χ2n) is 5.60. The number of H-pyrrole nitrogens is 1. The third-order valence-corrected chi connectivity index (χ3v) is 4.26. The van der Waals surface area contributed by atoms with Crippen LogP contribution in [0, 0.1) is 10.6 Å². The van der Waals surface area contributed by atoms with Crippen molar-refractivity contribution < 1.29 is 13.9 Å². The van der Waals surface area contributed by atoms with Crippen molar-refractivity contribution >= 4 is 29.7 Å². The molecular formula is C15H16ClFN4O2S. The maximum Gasteiger partial charge on any atom is 0.261 e. The largest absolute Gasteiger partial charge is 0.479 e. The second-order valence-corrected chi connectivity index (χ2v) is 6.39. The number of rotatable bonds is 6. The van der Waals surface area contributed by atoms with Gasteiger partial charge in [-0.3, -0.25) is 14.5 Å². The molecule has 2 N–H and O–H groups in total. The van der Waals surface area contributed by atoms with Gasteiger partial charge in [-0.2, -0.15) is 5.10 Å². The van der Waals surface area contributed by atoms with Gasteiger partial charge in [0.2, 0.25) is 0 Å². The highest BCUT2D eigenvalue weighted by Gasteiger charge is 2.27. The van der Waals surface area contributed by atoms with Crippen LogP contribution in [0.4, 0.5) is 4.39 Å². The third-order valence-electron chi connectivity index (χ3n) is 3.68. The molecule has 9 heteroatoms. The number of halogens is 2. The molecule has 1 saturated carbocycles. The van der Waals surface area contributed by atoms with Gasteiger partial charge in [0.1, 0.15) is 11.6 Å². The molecule has 1 aliphatic carbocycles. The van der Waals surface area contributed by atoms with Crippen LogP contribution in [0.2, 0.25) is 5.02 Å². The predicted molar refractivity (Wildman–Crippen MR) is 89.0 cm³/mol. The Labute approximate surface area is 148 Å². The summed E-state index contributed by atoms with van der Waals surface area (Å²) in [6, 6.07) is 4.11. The molecule has 0 unspecified atom stereocenters. The van der Waals surface area contributed by atoms with E-state index >= 15 is 0 Å². The molecule has 128 valence electrons. The lowest BCUT2D eigenvalue weighted by Crippen LogP contribution is -2.36. The van der Waals surface area contributed by atoms with Gasteiger partial charge in [-0.25, -0.2) is 4.39 Å². The van der Waals surface area contributed by atoms with E-state index in [9.17, 15) is 9.18 Å². The number of benzene rings is 1. The molecule has 1 aliphatic rings. The van der Waals surface area contributed by atoms with Crippen LogP contribution in [-0.4, -0.2) is 26.8 Å². The Kier molecular flexibility index (Phi) is 4.86. The summed E-state index contributed by atoms with van der Waals surface area (Å²) in [6.07, 6.45) is 1.35. The summed E-state index contributed by atoms with van der Waals surface area (Å²) in [5.74, 6) is 0.142. The monoisotopic (exact) mass is 370 g/mol. The lowest BCUT2D eigenvalue weighted by Gasteiger charge is -2.15. The van der Waals surface area contributed by atoms with Gasteiger partial charge in [-0.05, 0) is 50.2 Å².